The van der Waals surface area contributed by atoms with E-state index in [2.05, 4.69) is 15.9 Å². The molecule has 2 rings (SSSR count). The Balaban J connectivity index is 2.18. The van der Waals surface area contributed by atoms with Gasteiger partial charge in [0.05, 0.1) is 0 Å². The summed E-state index contributed by atoms with van der Waals surface area (Å²) < 4.78 is 6.36. The van der Waals surface area contributed by atoms with E-state index in [1.54, 1.807) is 0 Å². The fourth-order valence-corrected chi connectivity index (χ4v) is 2.72. The van der Waals surface area contributed by atoms with Crippen LogP contribution in [0.5, 0.6) is 0 Å². The van der Waals surface area contributed by atoms with Gasteiger partial charge in [-0.05, 0) is 42.5 Å². The Bertz CT molecular complexity index is 366. The maximum atomic E-state index is 6.28. The summed E-state index contributed by atoms with van der Waals surface area (Å²) in [4.78, 5) is 0. The molecule has 1 saturated heterocycles. The zero-order chi connectivity index (χ0) is 11.5. The van der Waals surface area contributed by atoms with E-state index in [9.17, 15) is 0 Å². The fraction of sp³-hybridized carbons (Fsp3) is 0.500. The maximum Gasteiger partial charge on any atom is 0.0469 e. The molecule has 1 heterocycles. The molecule has 0 amide bonds. The normalized spacial score (nSPS) is 19.7. The lowest BCUT2D eigenvalue weighted by atomic mass is 9.88. The van der Waals surface area contributed by atoms with E-state index in [0.29, 0.717) is 5.92 Å². The van der Waals surface area contributed by atoms with Crippen LogP contribution in [-0.2, 0) is 4.74 Å². The molecule has 0 unspecified atom stereocenters. The van der Waals surface area contributed by atoms with E-state index in [-0.39, 0.29) is 6.04 Å². The predicted molar refractivity (Wildman–Crippen MR) is 69.6 cm³/mol. The van der Waals surface area contributed by atoms with Gasteiger partial charge in [-0.15, -0.1) is 0 Å². The third-order valence-corrected chi connectivity index (χ3v) is 3.93. The van der Waals surface area contributed by atoms with Crippen molar-refractivity contribution in [3.63, 3.8) is 0 Å². The summed E-state index contributed by atoms with van der Waals surface area (Å²) in [5, 5.41) is 0.752. The Morgan fingerprint density at radius 1 is 1.38 bits per heavy atom. The van der Waals surface area contributed by atoms with Crippen LogP contribution in [0, 0.1) is 5.92 Å². The van der Waals surface area contributed by atoms with Crippen LogP contribution in [0.25, 0.3) is 0 Å². The molecule has 0 radical (unpaired) electrons. The minimum Gasteiger partial charge on any atom is -0.381 e. The van der Waals surface area contributed by atoms with E-state index in [0.717, 1.165) is 41.1 Å². The molecule has 88 valence electrons. The molecule has 4 heteroatoms. The van der Waals surface area contributed by atoms with Crippen LogP contribution in [0.4, 0.5) is 0 Å². The number of halogens is 2. The second-order valence-corrected chi connectivity index (χ2v) is 5.46. The number of ether oxygens (including phenoxy) is 1. The van der Waals surface area contributed by atoms with Crippen LogP contribution in [0.1, 0.15) is 24.4 Å². The maximum absolute atomic E-state index is 6.28. The van der Waals surface area contributed by atoms with Gasteiger partial charge < -0.3 is 10.5 Å². The van der Waals surface area contributed by atoms with E-state index in [1.807, 2.05) is 18.2 Å². The first-order valence-electron chi connectivity index (χ1n) is 5.47. The molecular weight excluding hydrogens is 289 g/mol. The van der Waals surface area contributed by atoms with Crippen molar-refractivity contribution >= 4 is 27.5 Å². The average molecular weight is 305 g/mol. The Hall–Kier alpha value is -0.0900. The largest absolute Gasteiger partial charge is 0.381 e. The molecule has 0 aliphatic carbocycles. The van der Waals surface area contributed by atoms with Crippen LogP contribution in [-0.4, -0.2) is 13.2 Å². The third kappa shape index (κ3) is 2.77. The van der Waals surface area contributed by atoms with Gasteiger partial charge in [0.2, 0.25) is 0 Å². The summed E-state index contributed by atoms with van der Waals surface area (Å²) in [6.07, 6.45) is 2.04. The molecule has 1 atom stereocenters. The monoisotopic (exact) mass is 303 g/mol. The average Bonchev–Trinajstić information content (AvgIpc) is 2.32. The van der Waals surface area contributed by atoms with E-state index >= 15 is 0 Å². The first-order chi connectivity index (χ1) is 7.68. The van der Waals surface area contributed by atoms with Crippen molar-refractivity contribution in [1.82, 2.24) is 0 Å². The smallest absolute Gasteiger partial charge is 0.0469 e. The third-order valence-electron chi connectivity index (χ3n) is 3.09. The highest BCUT2D eigenvalue weighted by Gasteiger charge is 2.23. The first kappa shape index (κ1) is 12.4. The van der Waals surface area contributed by atoms with Gasteiger partial charge in [-0.3, -0.25) is 0 Å². The van der Waals surface area contributed by atoms with Gasteiger partial charge in [0.15, 0.2) is 0 Å². The zero-order valence-corrected chi connectivity index (χ0v) is 11.3. The molecule has 0 spiro atoms. The molecular formula is C12H15BrClNO. The number of nitrogens with two attached hydrogens (primary N) is 1. The second-order valence-electron chi connectivity index (χ2n) is 4.14. The van der Waals surface area contributed by atoms with E-state index < -0.39 is 0 Å². The van der Waals surface area contributed by atoms with E-state index in [1.165, 1.54) is 0 Å². The van der Waals surface area contributed by atoms with Crippen molar-refractivity contribution in [2.75, 3.05) is 13.2 Å². The number of hydrogen-bond acceptors (Lipinski definition) is 2. The minimum absolute atomic E-state index is 0.00824. The summed E-state index contributed by atoms with van der Waals surface area (Å²) in [5.74, 6) is 0.473. The summed E-state index contributed by atoms with van der Waals surface area (Å²) in [5.41, 5.74) is 7.31. The Morgan fingerprint density at radius 2 is 2.06 bits per heavy atom. The standard InChI is InChI=1S/C12H15BrClNO/c13-9-1-2-11(14)10(7-9)12(15)8-3-5-16-6-4-8/h1-2,7-8,12H,3-6,15H2/t12-/m1/s1. The predicted octanol–water partition coefficient (Wildman–Crippen LogP) is 3.53. The molecule has 1 aromatic carbocycles. The summed E-state index contributed by atoms with van der Waals surface area (Å²) in [6.45, 7) is 1.62. The van der Waals surface area contributed by atoms with Gasteiger partial charge in [0.25, 0.3) is 0 Å². The quantitative estimate of drug-likeness (QED) is 0.907. The lowest BCUT2D eigenvalue weighted by molar-refractivity contribution is 0.0584. The van der Waals surface area contributed by atoms with Crippen LogP contribution >= 0.6 is 27.5 Å². The summed E-state index contributed by atoms with van der Waals surface area (Å²) in [7, 11) is 0. The van der Waals surface area contributed by atoms with Gasteiger partial charge >= 0.3 is 0 Å². The summed E-state index contributed by atoms with van der Waals surface area (Å²) >= 11 is 9.63. The number of rotatable bonds is 2. The van der Waals surface area contributed by atoms with Crippen molar-refractivity contribution in [2.24, 2.45) is 11.7 Å². The first-order valence-corrected chi connectivity index (χ1v) is 6.64. The van der Waals surface area contributed by atoms with Gasteiger partial charge in [-0.25, -0.2) is 0 Å². The molecule has 1 aliphatic rings. The fourth-order valence-electron chi connectivity index (χ4n) is 2.10. The van der Waals surface area contributed by atoms with E-state index in [4.69, 9.17) is 22.1 Å². The lowest BCUT2D eigenvalue weighted by Crippen LogP contribution is -2.27. The second kappa shape index (κ2) is 5.50. The van der Waals surface area contributed by atoms with Gasteiger partial charge in [-0.1, -0.05) is 27.5 Å². The topological polar surface area (TPSA) is 35.2 Å². The van der Waals surface area contributed by atoms with Crippen LogP contribution in [0.15, 0.2) is 22.7 Å². The number of benzene rings is 1. The molecule has 1 fully saturated rings. The van der Waals surface area contributed by atoms with Crippen molar-refractivity contribution in [1.29, 1.82) is 0 Å². The van der Waals surface area contributed by atoms with Crippen LogP contribution < -0.4 is 5.73 Å². The Labute approximate surface area is 109 Å². The molecule has 1 aromatic rings. The van der Waals surface area contributed by atoms with Crippen LogP contribution in [0.2, 0.25) is 5.02 Å². The van der Waals surface area contributed by atoms with Crippen molar-refractivity contribution in [3.8, 4) is 0 Å². The molecule has 16 heavy (non-hydrogen) atoms. The highest BCUT2D eigenvalue weighted by molar-refractivity contribution is 9.10. The van der Waals surface area contributed by atoms with Gasteiger partial charge in [-0.2, -0.15) is 0 Å². The molecule has 2 nitrogen and oxygen atoms in total. The Morgan fingerprint density at radius 3 is 2.75 bits per heavy atom. The SMILES string of the molecule is N[C@@H](c1cc(Br)ccc1Cl)C1CCOCC1. The molecule has 0 aromatic heterocycles. The minimum atomic E-state index is 0.00824. The Kier molecular flexibility index (Phi) is 4.25. The van der Waals surface area contributed by atoms with Gasteiger partial charge in [0.1, 0.15) is 0 Å². The number of hydrogen-bond donors (Lipinski definition) is 1. The van der Waals surface area contributed by atoms with Crippen molar-refractivity contribution in [2.45, 2.75) is 18.9 Å². The molecule has 0 bridgehead atoms. The highest BCUT2D eigenvalue weighted by atomic mass is 79.9. The van der Waals surface area contributed by atoms with Crippen LogP contribution in [0.3, 0.4) is 0 Å². The van der Waals surface area contributed by atoms with Crippen molar-refractivity contribution in [3.05, 3.63) is 33.3 Å². The highest BCUT2D eigenvalue weighted by Crippen LogP contribution is 2.33. The zero-order valence-electron chi connectivity index (χ0n) is 8.96. The van der Waals surface area contributed by atoms with Gasteiger partial charge in [0, 0.05) is 28.8 Å². The molecule has 0 saturated carbocycles. The molecule has 2 N–H and O–H groups in total. The summed E-state index contributed by atoms with van der Waals surface area (Å²) in [6, 6.07) is 5.85. The lowest BCUT2D eigenvalue weighted by Gasteiger charge is -2.28. The van der Waals surface area contributed by atoms with Crippen molar-refractivity contribution < 1.29 is 4.74 Å². The molecule has 1 aliphatic heterocycles.